The molecule has 3 aliphatic heterocycles. The fourth-order valence-corrected chi connectivity index (χ4v) is 5.26. The second kappa shape index (κ2) is 10.5. The molecule has 0 spiro atoms. The second-order valence-corrected chi connectivity index (χ2v) is 11.7. The van der Waals surface area contributed by atoms with E-state index in [1.54, 1.807) is 23.2 Å². The highest BCUT2D eigenvalue weighted by molar-refractivity contribution is 6.05. The number of carbonyl (C=O) groups excluding carboxylic acids is 4. The smallest absolute Gasteiger partial charge is 0.410 e. The van der Waals surface area contributed by atoms with E-state index in [9.17, 15) is 19.2 Å². The first-order valence-corrected chi connectivity index (χ1v) is 13.4. The first-order valence-electron chi connectivity index (χ1n) is 13.4. The number of rotatable bonds is 7. The number of ether oxygens (including phenoxy) is 1. The molecule has 2 saturated heterocycles. The van der Waals surface area contributed by atoms with Crippen LogP contribution in [0.15, 0.2) is 30.6 Å². The Kier molecular flexibility index (Phi) is 7.27. The topological polar surface area (TPSA) is 169 Å². The van der Waals surface area contributed by atoms with E-state index in [4.69, 9.17) is 16.3 Å². The van der Waals surface area contributed by atoms with Gasteiger partial charge >= 0.3 is 6.09 Å². The number of anilines is 1. The van der Waals surface area contributed by atoms with Crippen molar-refractivity contribution < 1.29 is 23.9 Å². The van der Waals surface area contributed by atoms with Crippen molar-refractivity contribution in [2.24, 2.45) is 17.5 Å². The largest absolute Gasteiger partial charge is 0.444 e. The van der Waals surface area contributed by atoms with Gasteiger partial charge in [0.25, 0.3) is 5.91 Å². The molecule has 0 radical (unpaired) electrons. The number of hydrogen-bond donors (Lipinski definition) is 3. The summed E-state index contributed by atoms with van der Waals surface area (Å²) in [5, 5.41) is 8.28. The highest BCUT2D eigenvalue weighted by atomic mass is 16.6. The predicted octanol–water partition coefficient (Wildman–Crippen LogP) is 0.891. The quantitative estimate of drug-likeness (QED) is 0.256. The Balaban J connectivity index is 1.14. The summed E-state index contributed by atoms with van der Waals surface area (Å²) in [5.41, 5.74) is 8.75. The number of likely N-dealkylation sites (tertiary alicyclic amines) is 1. The monoisotopic (exact) mass is 552 g/mol. The summed E-state index contributed by atoms with van der Waals surface area (Å²) in [5.74, 6) is 5.65. The highest BCUT2D eigenvalue weighted by Crippen LogP contribution is 2.30. The molecule has 2 aromatic rings. The molecular weight excluding hydrogens is 516 g/mol. The minimum absolute atomic E-state index is 0.206. The number of hydrogen-bond acceptors (Lipinski definition) is 9. The molecule has 4 heterocycles. The number of amides is 4. The van der Waals surface area contributed by atoms with Crippen molar-refractivity contribution in [1.29, 1.82) is 0 Å². The first kappa shape index (κ1) is 27.6. The number of piperidine rings is 1. The molecule has 13 heteroatoms. The molecule has 2 unspecified atom stereocenters. The maximum Gasteiger partial charge on any atom is 0.410 e. The Morgan fingerprint density at radius 1 is 1.25 bits per heavy atom. The van der Waals surface area contributed by atoms with Crippen LogP contribution in [0.4, 0.5) is 10.5 Å². The summed E-state index contributed by atoms with van der Waals surface area (Å²) >= 11 is 0. The van der Waals surface area contributed by atoms with Gasteiger partial charge in [0, 0.05) is 55.8 Å². The van der Waals surface area contributed by atoms with E-state index in [0.717, 1.165) is 11.1 Å². The third kappa shape index (κ3) is 5.80. The molecule has 3 aliphatic rings. The molecule has 2 atom stereocenters. The Hall–Kier alpha value is -3.97. The molecule has 1 aromatic carbocycles. The molecule has 13 nitrogen and oxygen atoms in total. The zero-order valence-corrected chi connectivity index (χ0v) is 23.0. The van der Waals surface area contributed by atoms with Crippen molar-refractivity contribution in [3.8, 4) is 0 Å². The van der Waals surface area contributed by atoms with Crippen molar-refractivity contribution in [2.75, 3.05) is 24.6 Å². The Bertz CT molecular complexity index is 1330. The van der Waals surface area contributed by atoms with E-state index < -0.39 is 23.6 Å². The second-order valence-electron chi connectivity index (χ2n) is 11.7. The zero-order valence-electron chi connectivity index (χ0n) is 23.0. The van der Waals surface area contributed by atoms with Crippen molar-refractivity contribution in [3.63, 3.8) is 0 Å². The first-order chi connectivity index (χ1) is 18.9. The molecular formula is C27H36N8O5. The van der Waals surface area contributed by atoms with Crippen LogP contribution in [0.5, 0.6) is 0 Å². The summed E-state index contributed by atoms with van der Waals surface area (Å²) in [7, 11) is 0. The number of hydrazine groups is 1. The lowest BCUT2D eigenvalue weighted by atomic mass is 10.0. The van der Waals surface area contributed by atoms with Crippen molar-refractivity contribution >= 4 is 29.5 Å². The summed E-state index contributed by atoms with van der Waals surface area (Å²) < 4.78 is 7.24. The number of benzene rings is 1. The molecule has 0 saturated carbocycles. The number of fused-ring (bicyclic) bond motifs is 1. The maximum atomic E-state index is 12.9. The average molecular weight is 553 g/mol. The van der Waals surface area contributed by atoms with Gasteiger partial charge in [-0.25, -0.2) is 10.6 Å². The third-order valence-corrected chi connectivity index (χ3v) is 7.37. The van der Waals surface area contributed by atoms with E-state index in [1.165, 1.54) is 9.91 Å². The van der Waals surface area contributed by atoms with E-state index in [1.807, 2.05) is 37.7 Å². The minimum atomic E-state index is -0.666. The summed E-state index contributed by atoms with van der Waals surface area (Å²) in [6, 6.07) is 4.23. The average Bonchev–Trinajstić information content (AvgIpc) is 3.44. The summed E-state index contributed by atoms with van der Waals surface area (Å²) in [6.07, 6.45) is 3.84. The van der Waals surface area contributed by atoms with Gasteiger partial charge in [-0.1, -0.05) is 0 Å². The van der Waals surface area contributed by atoms with Crippen LogP contribution in [0.2, 0.25) is 0 Å². The number of aromatic nitrogens is 2. The van der Waals surface area contributed by atoms with Crippen molar-refractivity contribution in [3.05, 3.63) is 47.3 Å². The number of nitrogens with one attached hydrogen (secondary N) is 1. The number of carbonyl (C=O) groups is 4. The van der Waals surface area contributed by atoms with E-state index in [0.29, 0.717) is 43.9 Å². The van der Waals surface area contributed by atoms with Crippen LogP contribution in [0.1, 0.15) is 61.1 Å². The van der Waals surface area contributed by atoms with Crippen molar-refractivity contribution in [1.82, 2.24) is 24.9 Å². The van der Waals surface area contributed by atoms with Crippen LogP contribution in [0.25, 0.3) is 0 Å². The van der Waals surface area contributed by atoms with Gasteiger partial charge in [-0.15, -0.1) is 0 Å². The molecule has 5 rings (SSSR count). The highest BCUT2D eigenvalue weighted by Gasteiger charge is 2.39. The van der Waals surface area contributed by atoms with Crippen LogP contribution in [0.3, 0.4) is 0 Å². The molecule has 1 aromatic heterocycles. The lowest BCUT2D eigenvalue weighted by molar-refractivity contribution is -0.136. The van der Waals surface area contributed by atoms with Gasteiger partial charge in [0.05, 0.1) is 24.5 Å². The molecule has 40 heavy (non-hydrogen) atoms. The molecule has 0 bridgehead atoms. The lowest BCUT2D eigenvalue weighted by Gasteiger charge is -2.39. The van der Waals surface area contributed by atoms with E-state index >= 15 is 0 Å². The number of nitrogens with zero attached hydrogens (tertiary/aromatic N) is 5. The van der Waals surface area contributed by atoms with Crippen molar-refractivity contribution in [2.45, 2.75) is 64.4 Å². The Labute approximate surface area is 232 Å². The van der Waals surface area contributed by atoms with E-state index in [2.05, 4.69) is 10.4 Å². The van der Waals surface area contributed by atoms with Crippen LogP contribution in [0, 0.1) is 5.92 Å². The summed E-state index contributed by atoms with van der Waals surface area (Å²) in [6.45, 7) is 8.04. The Morgan fingerprint density at radius 3 is 2.70 bits per heavy atom. The van der Waals surface area contributed by atoms with Crippen LogP contribution >= 0.6 is 0 Å². The predicted molar refractivity (Wildman–Crippen MR) is 144 cm³/mol. The van der Waals surface area contributed by atoms with E-state index in [-0.39, 0.29) is 36.8 Å². The van der Waals surface area contributed by atoms with Crippen LogP contribution < -0.4 is 21.9 Å². The van der Waals surface area contributed by atoms with Crippen LogP contribution in [-0.4, -0.2) is 74.7 Å². The van der Waals surface area contributed by atoms with Gasteiger partial charge in [0.15, 0.2) is 0 Å². The van der Waals surface area contributed by atoms with Crippen LogP contribution in [-0.2, 0) is 27.4 Å². The minimum Gasteiger partial charge on any atom is -0.444 e. The number of imide groups is 1. The maximum absolute atomic E-state index is 12.9. The molecule has 5 N–H and O–H groups in total. The fourth-order valence-electron chi connectivity index (χ4n) is 5.26. The third-order valence-electron chi connectivity index (χ3n) is 7.37. The van der Waals surface area contributed by atoms with Gasteiger partial charge < -0.3 is 25.3 Å². The standard InChI is InChI=1S/C27H36N8O5/c1-27(2,3)40-26(39)32-10-16(11-32)12-33-13-18(9-30-33)21(28)15-35(29)19-4-5-20-17(8-19)14-34(25(20)38)22-6-7-23(36)31-24(22)37/h4-5,8-9,13,16,21-22H,6-7,10-12,14-15,28-29H2,1-3H3,(H,31,36,37). The molecule has 4 amide bonds. The lowest BCUT2D eigenvalue weighted by Crippen LogP contribution is -2.52. The van der Waals surface area contributed by atoms with Gasteiger partial charge in [-0.2, -0.15) is 5.10 Å². The molecule has 0 aliphatic carbocycles. The van der Waals surface area contributed by atoms with Gasteiger partial charge in [0.1, 0.15) is 11.6 Å². The Morgan fingerprint density at radius 2 is 2.00 bits per heavy atom. The fraction of sp³-hybridized carbons (Fsp3) is 0.519. The molecule has 214 valence electrons. The van der Waals surface area contributed by atoms with Gasteiger partial charge in [0.2, 0.25) is 11.8 Å². The normalized spacial score (nSPS) is 20.2. The summed E-state index contributed by atoms with van der Waals surface area (Å²) in [4.78, 5) is 52.1. The molecule has 2 fully saturated rings. The SMILES string of the molecule is CC(C)(C)OC(=O)N1CC(Cn2cc(C(N)CN(N)c3ccc4c(c3)CN(C3CCC(=O)NC3=O)C4=O)cn2)C1. The van der Waals surface area contributed by atoms with Gasteiger partial charge in [-0.05, 0) is 51.0 Å². The zero-order chi connectivity index (χ0) is 28.8. The van der Waals surface area contributed by atoms with Gasteiger partial charge in [-0.3, -0.25) is 24.4 Å². The number of nitrogens with two attached hydrogens (primary N) is 2.